The van der Waals surface area contributed by atoms with Gasteiger partial charge in [-0.15, -0.1) is 11.3 Å². The van der Waals surface area contributed by atoms with Crippen molar-refractivity contribution >= 4 is 17.1 Å². The third-order valence-corrected chi connectivity index (χ3v) is 4.22. The molecular formula is C15H18N2OS. The summed E-state index contributed by atoms with van der Waals surface area (Å²) < 4.78 is 0. The molecule has 0 fully saturated rings. The molecule has 4 heteroatoms. The molecule has 1 atom stereocenters. The number of aromatic nitrogens is 1. The fraction of sp³-hybridized carbons (Fsp3) is 0.333. The Bertz CT molecular complexity index is 560. The lowest BCUT2D eigenvalue weighted by Gasteiger charge is -2.12. The van der Waals surface area contributed by atoms with Crippen LogP contribution in [0.4, 0.5) is 0 Å². The maximum atomic E-state index is 11.4. The van der Waals surface area contributed by atoms with Gasteiger partial charge in [0.25, 0.3) is 0 Å². The van der Waals surface area contributed by atoms with E-state index >= 15 is 0 Å². The van der Waals surface area contributed by atoms with Gasteiger partial charge in [0.2, 0.25) is 0 Å². The average molecular weight is 274 g/mol. The van der Waals surface area contributed by atoms with Crippen molar-refractivity contribution in [1.82, 2.24) is 10.3 Å². The van der Waals surface area contributed by atoms with Gasteiger partial charge in [-0.05, 0) is 38.4 Å². The molecule has 1 aromatic heterocycles. The zero-order valence-corrected chi connectivity index (χ0v) is 12.3. The van der Waals surface area contributed by atoms with Crippen LogP contribution in [0.15, 0.2) is 29.8 Å². The largest absolute Gasteiger partial charge is 0.310 e. The summed E-state index contributed by atoms with van der Waals surface area (Å²) in [6, 6.07) is 8.27. The number of aryl methyl sites for hydroxylation is 1. The number of thiazole rings is 1. The van der Waals surface area contributed by atoms with Crippen molar-refractivity contribution in [1.29, 1.82) is 0 Å². The number of hydrogen-bond acceptors (Lipinski definition) is 4. The summed E-state index contributed by atoms with van der Waals surface area (Å²) in [4.78, 5) is 16.9. The van der Waals surface area contributed by atoms with Gasteiger partial charge in [-0.1, -0.05) is 24.3 Å². The Balaban J connectivity index is 2.15. The third-order valence-electron chi connectivity index (χ3n) is 3.24. The molecule has 0 radical (unpaired) electrons. The minimum atomic E-state index is -0.101. The second kappa shape index (κ2) is 6.08. The van der Waals surface area contributed by atoms with E-state index in [-0.39, 0.29) is 11.8 Å². The van der Waals surface area contributed by atoms with Crippen molar-refractivity contribution in [2.75, 3.05) is 7.05 Å². The fourth-order valence-corrected chi connectivity index (χ4v) is 2.87. The normalized spacial score (nSPS) is 12.4. The van der Waals surface area contributed by atoms with Crippen LogP contribution in [0.3, 0.4) is 0 Å². The molecule has 1 N–H and O–H groups in total. The van der Waals surface area contributed by atoms with E-state index in [1.807, 2.05) is 19.5 Å². The summed E-state index contributed by atoms with van der Waals surface area (Å²) >= 11 is 1.65. The second-order valence-electron chi connectivity index (χ2n) is 4.62. The van der Waals surface area contributed by atoms with Crippen LogP contribution in [0.25, 0.3) is 10.4 Å². The zero-order chi connectivity index (χ0) is 13.8. The van der Waals surface area contributed by atoms with E-state index in [9.17, 15) is 4.79 Å². The van der Waals surface area contributed by atoms with Crippen LogP contribution in [-0.4, -0.2) is 23.9 Å². The molecule has 1 heterocycles. The predicted molar refractivity (Wildman–Crippen MR) is 79.5 cm³/mol. The molecule has 0 saturated heterocycles. The summed E-state index contributed by atoms with van der Waals surface area (Å²) in [5.74, 6) is 0.171. The van der Waals surface area contributed by atoms with E-state index in [1.165, 1.54) is 16.0 Å². The van der Waals surface area contributed by atoms with Crippen LogP contribution in [-0.2, 0) is 11.2 Å². The summed E-state index contributed by atoms with van der Waals surface area (Å²) in [7, 11) is 1.82. The molecule has 3 nitrogen and oxygen atoms in total. The zero-order valence-electron chi connectivity index (χ0n) is 11.4. The lowest BCUT2D eigenvalue weighted by molar-refractivity contribution is -0.118. The summed E-state index contributed by atoms with van der Waals surface area (Å²) in [5.41, 5.74) is 5.29. The molecular weight excluding hydrogens is 256 g/mol. The van der Waals surface area contributed by atoms with Crippen molar-refractivity contribution in [3.63, 3.8) is 0 Å². The number of carbonyl (C=O) groups excluding carboxylic acids is 1. The first kappa shape index (κ1) is 13.9. The lowest BCUT2D eigenvalue weighted by Crippen LogP contribution is -2.34. The van der Waals surface area contributed by atoms with Gasteiger partial charge < -0.3 is 5.32 Å². The van der Waals surface area contributed by atoms with E-state index in [0.717, 1.165) is 12.1 Å². The quantitative estimate of drug-likeness (QED) is 0.911. The van der Waals surface area contributed by atoms with Gasteiger partial charge in [-0.25, -0.2) is 4.98 Å². The van der Waals surface area contributed by atoms with E-state index < -0.39 is 0 Å². The van der Waals surface area contributed by atoms with Gasteiger partial charge in [-0.2, -0.15) is 0 Å². The number of ketones is 1. The first-order chi connectivity index (χ1) is 9.11. The SMILES string of the molecule is CN[C@H](Cc1ccc(-c2scnc2C)cc1)C(C)=O. The van der Waals surface area contributed by atoms with Crippen LogP contribution in [0.2, 0.25) is 0 Å². The van der Waals surface area contributed by atoms with Crippen LogP contribution in [0.5, 0.6) is 0 Å². The van der Waals surface area contributed by atoms with E-state index in [4.69, 9.17) is 0 Å². The molecule has 0 bridgehead atoms. The van der Waals surface area contributed by atoms with Crippen molar-refractivity contribution in [3.05, 3.63) is 41.0 Å². The van der Waals surface area contributed by atoms with Crippen LogP contribution >= 0.6 is 11.3 Å². The topological polar surface area (TPSA) is 42.0 Å². The average Bonchev–Trinajstić information content (AvgIpc) is 2.82. The molecule has 0 aliphatic carbocycles. The number of rotatable bonds is 5. The Morgan fingerprint density at radius 2 is 2.05 bits per heavy atom. The highest BCUT2D eigenvalue weighted by Gasteiger charge is 2.12. The standard InChI is InChI=1S/C15H18N2OS/c1-10-15(19-9-17-10)13-6-4-12(5-7-13)8-14(16-3)11(2)18/h4-7,9,14,16H,8H2,1-3H3/t14-/m1/s1. The van der Waals surface area contributed by atoms with Crippen molar-refractivity contribution in [2.45, 2.75) is 26.3 Å². The Hall–Kier alpha value is -1.52. The van der Waals surface area contributed by atoms with Crippen LogP contribution in [0, 0.1) is 6.92 Å². The minimum Gasteiger partial charge on any atom is -0.310 e. The molecule has 0 saturated carbocycles. The Kier molecular flexibility index (Phi) is 4.45. The molecule has 0 spiro atoms. The van der Waals surface area contributed by atoms with Crippen molar-refractivity contribution in [3.8, 4) is 10.4 Å². The molecule has 100 valence electrons. The smallest absolute Gasteiger partial charge is 0.147 e. The van der Waals surface area contributed by atoms with Gasteiger partial charge in [0, 0.05) is 0 Å². The number of Topliss-reactive ketones (excluding diaryl/α,β-unsaturated/α-hetero) is 1. The van der Waals surface area contributed by atoms with E-state index in [1.54, 1.807) is 18.3 Å². The van der Waals surface area contributed by atoms with Crippen LogP contribution < -0.4 is 5.32 Å². The van der Waals surface area contributed by atoms with Crippen molar-refractivity contribution < 1.29 is 4.79 Å². The van der Waals surface area contributed by atoms with Gasteiger partial charge in [0.1, 0.15) is 5.78 Å². The van der Waals surface area contributed by atoms with Gasteiger partial charge in [0.05, 0.1) is 22.1 Å². The van der Waals surface area contributed by atoms with Gasteiger partial charge in [-0.3, -0.25) is 4.79 Å². The molecule has 0 aliphatic rings. The highest BCUT2D eigenvalue weighted by atomic mass is 32.1. The number of nitrogens with zero attached hydrogens (tertiary/aromatic N) is 1. The van der Waals surface area contributed by atoms with E-state index in [2.05, 4.69) is 34.6 Å². The predicted octanol–water partition coefficient (Wildman–Crippen LogP) is 2.84. The number of likely N-dealkylation sites (N-methyl/N-ethyl adjacent to an activating group) is 1. The monoisotopic (exact) mass is 274 g/mol. The molecule has 0 amide bonds. The van der Waals surface area contributed by atoms with Gasteiger partial charge in [0.15, 0.2) is 0 Å². The number of nitrogens with one attached hydrogen (secondary N) is 1. The number of hydrogen-bond donors (Lipinski definition) is 1. The molecule has 2 rings (SSSR count). The minimum absolute atomic E-state index is 0.101. The summed E-state index contributed by atoms with van der Waals surface area (Å²) in [5, 5.41) is 3.04. The molecule has 0 aliphatic heterocycles. The highest BCUT2D eigenvalue weighted by Crippen LogP contribution is 2.27. The maximum Gasteiger partial charge on any atom is 0.147 e. The maximum absolute atomic E-state index is 11.4. The molecule has 0 unspecified atom stereocenters. The third kappa shape index (κ3) is 3.28. The molecule has 2 aromatic rings. The Morgan fingerprint density at radius 1 is 1.37 bits per heavy atom. The Labute approximate surface area is 117 Å². The van der Waals surface area contributed by atoms with Crippen molar-refractivity contribution in [2.24, 2.45) is 0 Å². The highest BCUT2D eigenvalue weighted by molar-refractivity contribution is 7.13. The molecule has 19 heavy (non-hydrogen) atoms. The van der Waals surface area contributed by atoms with Crippen LogP contribution in [0.1, 0.15) is 18.2 Å². The fourth-order valence-electron chi connectivity index (χ4n) is 2.06. The number of benzene rings is 1. The summed E-state index contributed by atoms with van der Waals surface area (Å²) in [6.07, 6.45) is 0.730. The first-order valence-electron chi connectivity index (χ1n) is 6.29. The van der Waals surface area contributed by atoms with E-state index in [0.29, 0.717) is 0 Å². The molecule has 1 aromatic carbocycles. The lowest BCUT2D eigenvalue weighted by atomic mass is 10.0. The van der Waals surface area contributed by atoms with Gasteiger partial charge >= 0.3 is 0 Å². The number of carbonyl (C=O) groups is 1. The summed E-state index contributed by atoms with van der Waals surface area (Å²) in [6.45, 7) is 3.64. The first-order valence-corrected chi connectivity index (χ1v) is 7.17. The second-order valence-corrected chi connectivity index (χ2v) is 5.47. The Morgan fingerprint density at radius 3 is 2.53 bits per heavy atom.